The molecule has 0 saturated heterocycles. The molecule has 1 unspecified atom stereocenters. The van der Waals surface area contributed by atoms with Gasteiger partial charge in [-0.2, -0.15) is 0 Å². The van der Waals surface area contributed by atoms with Crippen LogP contribution < -0.4 is 15.6 Å². The number of anilines is 1. The van der Waals surface area contributed by atoms with Crippen LogP contribution in [0.3, 0.4) is 0 Å². The molecule has 1 aliphatic rings. The number of thiophene rings is 1. The van der Waals surface area contributed by atoms with Gasteiger partial charge in [-0.1, -0.05) is 12.1 Å². The molecule has 9 heteroatoms. The zero-order valence-corrected chi connectivity index (χ0v) is 19.7. The van der Waals surface area contributed by atoms with E-state index in [2.05, 4.69) is 10.3 Å². The molecule has 0 bridgehead atoms. The highest BCUT2D eigenvalue weighted by molar-refractivity contribution is 7.25. The number of para-hydroxylation sites is 2. The van der Waals surface area contributed by atoms with Gasteiger partial charge in [-0.3, -0.25) is 14.2 Å². The second-order valence-electron chi connectivity index (χ2n) is 8.77. The largest absolute Gasteiger partial charge is 0.495 e. The summed E-state index contributed by atoms with van der Waals surface area (Å²) >= 11 is 1.32. The predicted octanol–water partition coefficient (Wildman–Crippen LogP) is 4.07. The van der Waals surface area contributed by atoms with E-state index >= 15 is 0 Å². The third kappa shape index (κ3) is 3.77. The summed E-state index contributed by atoms with van der Waals surface area (Å²) in [5, 5.41) is 3.67. The molecular formula is C24H24N4O4S. The number of benzene rings is 1. The van der Waals surface area contributed by atoms with Gasteiger partial charge in [-0.05, 0) is 39.0 Å². The molecule has 5 rings (SSSR count). The Morgan fingerprint density at radius 2 is 2.12 bits per heavy atom. The normalized spacial score (nSPS) is 15.9. The molecule has 170 valence electrons. The van der Waals surface area contributed by atoms with Crippen LogP contribution in [-0.2, 0) is 22.6 Å². The number of ether oxygens (including phenoxy) is 2. The van der Waals surface area contributed by atoms with E-state index in [1.807, 2.05) is 26.0 Å². The molecule has 0 spiro atoms. The summed E-state index contributed by atoms with van der Waals surface area (Å²) in [5.41, 5.74) is 2.64. The molecule has 1 N–H and O–H groups in total. The van der Waals surface area contributed by atoms with Crippen LogP contribution in [0.1, 0.15) is 38.1 Å². The summed E-state index contributed by atoms with van der Waals surface area (Å²) in [4.78, 5) is 36.4. The predicted molar refractivity (Wildman–Crippen MR) is 128 cm³/mol. The Labute approximate surface area is 194 Å². The number of hydrogen-bond donors (Lipinski definition) is 1. The fourth-order valence-corrected chi connectivity index (χ4v) is 5.11. The van der Waals surface area contributed by atoms with Crippen LogP contribution in [0, 0.1) is 0 Å². The molecule has 0 fully saturated rings. The molecule has 8 nitrogen and oxygen atoms in total. The lowest BCUT2D eigenvalue weighted by atomic mass is 9.95. The molecule has 4 heterocycles. The van der Waals surface area contributed by atoms with Crippen molar-refractivity contribution >= 4 is 43.4 Å². The number of nitrogens with one attached hydrogen (secondary N) is 1. The number of carbonyl (C=O) groups excluding carboxylic acids is 1. The Balaban J connectivity index is 1.52. The Hall–Kier alpha value is -3.30. The van der Waals surface area contributed by atoms with Crippen molar-refractivity contribution in [2.75, 3.05) is 12.4 Å². The second-order valence-corrected chi connectivity index (χ2v) is 9.77. The van der Waals surface area contributed by atoms with Gasteiger partial charge in [0.15, 0.2) is 0 Å². The number of hydrogen-bond acceptors (Lipinski definition) is 7. The van der Waals surface area contributed by atoms with Gasteiger partial charge >= 0.3 is 0 Å². The van der Waals surface area contributed by atoms with E-state index in [9.17, 15) is 9.59 Å². The first-order chi connectivity index (χ1) is 15.8. The average Bonchev–Trinajstić information content (AvgIpc) is 3.15. The minimum Gasteiger partial charge on any atom is -0.495 e. The molecule has 0 saturated carbocycles. The summed E-state index contributed by atoms with van der Waals surface area (Å²) < 4.78 is 13.1. The monoisotopic (exact) mass is 464 g/mol. The topological polar surface area (TPSA) is 95.3 Å². The summed E-state index contributed by atoms with van der Waals surface area (Å²) in [6.07, 6.45) is 2.15. The van der Waals surface area contributed by atoms with Crippen molar-refractivity contribution in [3.05, 3.63) is 58.3 Å². The number of rotatable bonds is 4. The first-order valence-electron chi connectivity index (χ1n) is 10.7. The molecule has 1 atom stereocenters. The number of fused-ring (bicyclic) bond motifs is 4. The molecule has 1 aliphatic heterocycles. The van der Waals surface area contributed by atoms with Crippen molar-refractivity contribution in [2.24, 2.45) is 0 Å². The van der Waals surface area contributed by atoms with Crippen LogP contribution in [0.5, 0.6) is 5.75 Å². The van der Waals surface area contributed by atoms with E-state index in [-0.39, 0.29) is 17.1 Å². The van der Waals surface area contributed by atoms with E-state index in [1.54, 1.807) is 25.1 Å². The van der Waals surface area contributed by atoms with Gasteiger partial charge in [0.1, 0.15) is 21.3 Å². The maximum Gasteiger partial charge on any atom is 0.272 e. The summed E-state index contributed by atoms with van der Waals surface area (Å²) in [6.45, 7) is 6.25. The minimum atomic E-state index is -0.764. The van der Waals surface area contributed by atoms with Crippen LogP contribution in [-0.4, -0.2) is 33.2 Å². The highest BCUT2D eigenvalue weighted by atomic mass is 32.1. The van der Waals surface area contributed by atoms with Crippen LogP contribution >= 0.6 is 11.3 Å². The second kappa shape index (κ2) is 7.93. The number of pyridine rings is 1. The van der Waals surface area contributed by atoms with E-state index in [0.717, 1.165) is 21.5 Å². The number of aromatic nitrogens is 3. The van der Waals surface area contributed by atoms with E-state index in [0.29, 0.717) is 34.7 Å². The first-order valence-corrected chi connectivity index (χ1v) is 11.5. The third-order valence-electron chi connectivity index (χ3n) is 5.94. The van der Waals surface area contributed by atoms with Gasteiger partial charge in [0.25, 0.3) is 5.56 Å². The number of carbonyl (C=O) groups is 1. The van der Waals surface area contributed by atoms with Crippen molar-refractivity contribution in [2.45, 2.75) is 45.4 Å². The van der Waals surface area contributed by atoms with Gasteiger partial charge in [-0.15, -0.1) is 11.3 Å². The maximum atomic E-state index is 13.3. The molecule has 1 aromatic carbocycles. The molecule has 3 aromatic heterocycles. The number of methoxy groups -OCH3 is 1. The summed E-state index contributed by atoms with van der Waals surface area (Å²) in [7, 11) is 1.54. The smallest absolute Gasteiger partial charge is 0.272 e. The van der Waals surface area contributed by atoms with E-state index in [4.69, 9.17) is 14.5 Å². The Kier molecular flexibility index (Phi) is 5.18. The van der Waals surface area contributed by atoms with Gasteiger partial charge in [0.2, 0.25) is 5.91 Å². The fourth-order valence-electron chi connectivity index (χ4n) is 4.04. The van der Waals surface area contributed by atoms with Gasteiger partial charge in [-0.25, -0.2) is 9.97 Å². The molecule has 0 radical (unpaired) electrons. The SMILES string of the molecule is COc1ccccc1NC(=O)C(C)n1cnc2c(sc3nc4c(cc32)COC(C)(C)C4)c1=O. The highest BCUT2D eigenvalue weighted by Crippen LogP contribution is 2.34. The van der Waals surface area contributed by atoms with E-state index < -0.39 is 6.04 Å². The molecule has 1 amide bonds. The van der Waals surface area contributed by atoms with E-state index in [1.165, 1.54) is 29.3 Å². The zero-order chi connectivity index (χ0) is 23.3. The average molecular weight is 465 g/mol. The van der Waals surface area contributed by atoms with Crippen molar-refractivity contribution in [3.63, 3.8) is 0 Å². The fraction of sp³-hybridized carbons (Fsp3) is 0.333. The lowest BCUT2D eigenvalue weighted by molar-refractivity contribution is -0.118. The lowest BCUT2D eigenvalue weighted by Gasteiger charge is -2.30. The van der Waals surface area contributed by atoms with Gasteiger partial charge in [0, 0.05) is 17.4 Å². The van der Waals surface area contributed by atoms with Gasteiger partial charge in [0.05, 0.1) is 42.5 Å². The number of amides is 1. The standard InChI is InChI=1S/C24H24N4O4S/c1-13(21(29)26-16-7-5-6-8-18(16)31-4)28-12-25-19-15-9-14-11-32-24(2,3)10-17(14)27-22(15)33-20(19)23(28)30/h5-9,12-13H,10-11H2,1-4H3,(H,26,29). The van der Waals surface area contributed by atoms with Crippen molar-refractivity contribution in [1.29, 1.82) is 0 Å². The quantitative estimate of drug-likeness (QED) is 0.489. The van der Waals surface area contributed by atoms with Crippen LogP contribution in [0.4, 0.5) is 5.69 Å². The van der Waals surface area contributed by atoms with Crippen molar-refractivity contribution in [1.82, 2.24) is 14.5 Å². The summed E-state index contributed by atoms with van der Waals surface area (Å²) in [6, 6.07) is 8.40. The van der Waals surface area contributed by atoms with Gasteiger partial charge < -0.3 is 14.8 Å². The highest BCUT2D eigenvalue weighted by Gasteiger charge is 2.28. The molecule has 0 aliphatic carbocycles. The Morgan fingerprint density at radius 1 is 1.33 bits per heavy atom. The van der Waals surface area contributed by atoms with Crippen LogP contribution in [0.2, 0.25) is 0 Å². The van der Waals surface area contributed by atoms with Crippen LogP contribution in [0.15, 0.2) is 41.5 Å². The molecule has 33 heavy (non-hydrogen) atoms. The minimum absolute atomic E-state index is 0.264. The Bertz CT molecular complexity index is 1460. The number of nitrogens with zero attached hydrogens (tertiary/aromatic N) is 3. The Morgan fingerprint density at radius 3 is 2.91 bits per heavy atom. The molecule has 4 aromatic rings. The third-order valence-corrected chi connectivity index (χ3v) is 7.01. The van der Waals surface area contributed by atoms with Crippen molar-refractivity contribution in [3.8, 4) is 5.75 Å². The zero-order valence-electron chi connectivity index (χ0n) is 18.8. The van der Waals surface area contributed by atoms with Crippen LogP contribution in [0.25, 0.3) is 20.4 Å². The van der Waals surface area contributed by atoms with Crippen molar-refractivity contribution < 1.29 is 14.3 Å². The lowest BCUT2D eigenvalue weighted by Crippen LogP contribution is -2.32. The summed E-state index contributed by atoms with van der Waals surface area (Å²) in [5.74, 6) is 0.211. The molecular weight excluding hydrogens is 440 g/mol. The first kappa shape index (κ1) is 21.5. The maximum absolute atomic E-state index is 13.3.